The Hall–Kier alpha value is -3.86. The molecule has 0 saturated carbocycles. The topological polar surface area (TPSA) is 90.6 Å². The lowest BCUT2D eigenvalue weighted by Crippen LogP contribution is -2.50. The van der Waals surface area contributed by atoms with Crippen molar-refractivity contribution in [2.24, 2.45) is 0 Å². The van der Waals surface area contributed by atoms with Crippen molar-refractivity contribution in [2.75, 3.05) is 31.6 Å². The lowest BCUT2D eigenvalue weighted by atomic mass is 10.0. The predicted octanol–water partition coefficient (Wildman–Crippen LogP) is 3.46. The minimum Gasteiger partial charge on any atom is -0.482 e. The van der Waals surface area contributed by atoms with Gasteiger partial charge in [-0.25, -0.2) is 0 Å². The molecule has 0 bridgehead atoms. The lowest BCUT2D eigenvalue weighted by molar-refractivity contribution is -0.137. The molecule has 0 aliphatic carbocycles. The number of anilines is 1. The number of rotatable bonds is 4. The van der Waals surface area contributed by atoms with E-state index < -0.39 is 11.7 Å². The van der Waals surface area contributed by atoms with E-state index in [1.54, 1.807) is 29.3 Å². The van der Waals surface area contributed by atoms with Crippen LogP contribution in [-0.4, -0.2) is 58.1 Å². The molecule has 5 rings (SSSR count). The zero-order valence-electron chi connectivity index (χ0n) is 18.5. The molecule has 1 aromatic heterocycles. The number of aromatic nitrogens is 2. The Bertz CT molecular complexity index is 1230. The van der Waals surface area contributed by atoms with Crippen molar-refractivity contribution in [1.29, 1.82) is 0 Å². The Morgan fingerprint density at radius 1 is 1.11 bits per heavy atom. The van der Waals surface area contributed by atoms with Gasteiger partial charge in [0.15, 0.2) is 6.61 Å². The molecule has 0 radical (unpaired) electrons. The van der Waals surface area contributed by atoms with Crippen molar-refractivity contribution in [3.8, 4) is 5.75 Å². The van der Waals surface area contributed by atoms with Gasteiger partial charge < -0.3 is 15.0 Å². The first-order valence-corrected chi connectivity index (χ1v) is 11.0. The SMILES string of the molecule is O=C1COc2ccc(C(=O)N3CCN(Cc4ccc(C(F)(F)F)cc4)C(c4cc[nH]n4)C3)cc2N1. The van der Waals surface area contributed by atoms with E-state index in [9.17, 15) is 22.8 Å². The molecule has 2 aliphatic rings. The van der Waals surface area contributed by atoms with Crippen LogP contribution >= 0.6 is 0 Å². The molecule has 11 heteroatoms. The minimum atomic E-state index is -4.38. The van der Waals surface area contributed by atoms with Crippen molar-refractivity contribution in [1.82, 2.24) is 20.0 Å². The quantitative estimate of drug-likeness (QED) is 0.591. The first-order valence-electron chi connectivity index (χ1n) is 11.0. The summed E-state index contributed by atoms with van der Waals surface area (Å²) in [5.41, 5.74) is 1.67. The summed E-state index contributed by atoms with van der Waals surface area (Å²) in [6.45, 7) is 1.64. The van der Waals surface area contributed by atoms with Gasteiger partial charge in [0.2, 0.25) is 0 Å². The Balaban J connectivity index is 1.33. The molecule has 2 aliphatic heterocycles. The number of nitrogens with zero attached hydrogens (tertiary/aromatic N) is 3. The molecule has 35 heavy (non-hydrogen) atoms. The average molecular weight is 485 g/mol. The maximum atomic E-state index is 13.3. The van der Waals surface area contributed by atoms with E-state index in [1.807, 2.05) is 6.07 Å². The molecule has 1 saturated heterocycles. The highest BCUT2D eigenvalue weighted by molar-refractivity contribution is 5.99. The molecule has 0 spiro atoms. The fourth-order valence-corrected chi connectivity index (χ4v) is 4.36. The number of hydrogen-bond donors (Lipinski definition) is 2. The van der Waals surface area contributed by atoms with Crippen LogP contribution in [-0.2, 0) is 17.5 Å². The number of amides is 2. The molecule has 2 N–H and O–H groups in total. The first kappa shape index (κ1) is 22.9. The van der Waals surface area contributed by atoms with Crippen LogP contribution in [0.15, 0.2) is 54.7 Å². The molecule has 2 aromatic carbocycles. The smallest absolute Gasteiger partial charge is 0.416 e. The van der Waals surface area contributed by atoms with Crippen LogP contribution in [0.25, 0.3) is 0 Å². The number of nitrogens with one attached hydrogen (secondary N) is 2. The number of carbonyl (C=O) groups is 2. The number of ether oxygens (including phenoxy) is 1. The van der Waals surface area contributed by atoms with Crippen LogP contribution in [0.3, 0.4) is 0 Å². The molecule has 1 fully saturated rings. The van der Waals surface area contributed by atoms with Crippen molar-refractivity contribution < 1.29 is 27.5 Å². The monoisotopic (exact) mass is 485 g/mol. The standard InChI is InChI=1S/C24H22F3N5O3/c25-24(26,27)17-4-1-15(2-5-17)12-31-9-10-32(13-20(31)18-7-8-28-30-18)23(34)16-3-6-21-19(11-16)29-22(33)14-35-21/h1-8,11,20H,9-10,12-14H2,(H,28,30)(H,29,33). The van der Waals surface area contributed by atoms with E-state index >= 15 is 0 Å². The highest BCUT2D eigenvalue weighted by atomic mass is 19.4. The molecule has 3 heterocycles. The van der Waals surface area contributed by atoms with Crippen LogP contribution in [0, 0.1) is 0 Å². The first-order chi connectivity index (χ1) is 16.8. The third-order valence-corrected chi connectivity index (χ3v) is 6.17. The Morgan fingerprint density at radius 2 is 1.91 bits per heavy atom. The van der Waals surface area contributed by atoms with E-state index in [1.165, 1.54) is 12.1 Å². The zero-order valence-corrected chi connectivity index (χ0v) is 18.5. The molecule has 8 nitrogen and oxygen atoms in total. The summed E-state index contributed by atoms with van der Waals surface area (Å²) in [6.07, 6.45) is -2.69. The van der Waals surface area contributed by atoms with Gasteiger partial charge in [-0.1, -0.05) is 12.1 Å². The number of benzene rings is 2. The predicted molar refractivity (Wildman–Crippen MR) is 120 cm³/mol. The van der Waals surface area contributed by atoms with Gasteiger partial charge in [-0.15, -0.1) is 0 Å². The van der Waals surface area contributed by atoms with Crippen LogP contribution in [0.4, 0.5) is 18.9 Å². The van der Waals surface area contributed by atoms with Gasteiger partial charge in [-0.05, 0) is 42.0 Å². The highest BCUT2D eigenvalue weighted by Crippen LogP contribution is 2.32. The van der Waals surface area contributed by atoms with Gasteiger partial charge in [0, 0.05) is 37.9 Å². The molecular formula is C24H22F3N5O3. The van der Waals surface area contributed by atoms with Crippen LogP contribution in [0.5, 0.6) is 5.75 Å². The summed E-state index contributed by atoms with van der Waals surface area (Å²) in [6, 6.07) is 11.6. The van der Waals surface area contributed by atoms with Crippen LogP contribution in [0.1, 0.15) is 33.2 Å². The summed E-state index contributed by atoms with van der Waals surface area (Å²) in [5, 5.41) is 9.79. The number of carbonyl (C=O) groups excluding carboxylic acids is 2. The molecule has 3 aromatic rings. The molecular weight excluding hydrogens is 463 g/mol. The van der Waals surface area contributed by atoms with Crippen LogP contribution < -0.4 is 10.1 Å². The number of fused-ring (bicyclic) bond motifs is 1. The second-order valence-corrected chi connectivity index (χ2v) is 8.48. The van der Waals surface area contributed by atoms with Gasteiger partial charge in [-0.3, -0.25) is 19.6 Å². The number of piperazine rings is 1. The van der Waals surface area contributed by atoms with Crippen molar-refractivity contribution >= 4 is 17.5 Å². The average Bonchev–Trinajstić information content (AvgIpc) is 3.38. The third kappa shape index (κ3) is 4.85. The number of halogens is 3. The fraction of sp³-hybridized carbons (Fsp3) is 0.292. The zero-order chi connectivity index (χ0) is 24.6. The largest absolute Gasteiger partial charge is 0.482 e. The number of alkyl halides is 3. The second kappa shape index (κ2) is 9.06. The summed E-state index contributed by atoms with van der Waals surface area (Å²) < 4.78 is 44.1. The van der Waals surface area contributed by atoms with E-state index in [-0.39, 0.29) is 24.5 Å². The highest BCUT2D eigenvalue weighted by Gasteiger charge is 2.33. The second-order valence-electron chi connectivity index (χ2n) is 8.48. The van der Waals surface area contributed by atoms with E-state index in [4.69, 9.17) is 4.74 Å². The number of H-pyrrole nitrogens is 1. The Morgan fingerprint density at radius 3 is 2.63 bits per heavy atom. The molecule has 1 unspecified atom stereocenters. The maximum absolute atomic E-state index is 13.3. The Labute approximate surface area is 198 Å². The van der Waals surface area contributed by atoms with E-state index in [0.29, 0.717) is 43.2 Å². The van der Waals surface area contributed by atoms with Crippen LogP contribution in [0.2, 0.25) is 0 Å². The van der Waals surface area contributed by atoms with Crippen molar-refractivity contribution in [3.63, 3.8) is 0 Å². The summed E-state index contributed by atoms with van der Waals surface area (Å²) in [4.78, 5) is 28.8. The molecule has 2 amide bonds. The van der Waals surface area contributed by atoms with Gasteiger partial charge in [0.1, 0.15) is 5.75 Å². The fourth-order valence-electron chi connectivity index (χ4n) is 4.36. The summed E-state index contributed by atoms with van der Waals surface area (Å²) in [5.74, 6) is 0.0387. The maximum Gasteiger partial charge on any atom is 0.416 e. The van der Waals surface area contributed by atoms with E-state index in [0.717, 1.165) is 23.4 Å². The minimum absolute atomic E-state index is 0.0630. The third-order valence-electron chi connectivity index (χ3n) is 6.17. The number of hydrogen-bond acceptors (Lipinski definition) is 5. The van der Waals surface area contributed by atoms with Crippen molar-refractivity contribution in [2.45, 2.75) is 18.8 Å². The van der Waals surface area contributed by atoms with Gasteiger partial charge >= 0.3 is 6.18 Å². The summed E-state index contributed by atoms with van der Waals surface area (Å²) in [7, 11) is 0. The summed E-state index contributed by atoms with van der Waals surface area (Å²) >= 11 is 0. The van der Waals surface area contributed by atoms with Crippen molar-refractivity contribution in [3.05, 3.63) is 77.1 Å². The van der Waals surface area contributed by atoms with E-state index in [2.05, 4.69) is 20.4 Å². The Kier molecular flexibility index (Phi) is 5.93. The lowest BCUT2D eigenvalue weighted by Gasteiger charge is -2.41. The molecule has 1 atom stereocenters. The normalized spacial score (nSPS) is 18.5. The van der Waals surface area contributed by atoms with Gasteiger partial charge in [0.25, 0.3) is 11.8 Å². The molecule has 182 valence electrons. The van der Waals surface area contributed by atoms with Gasteiger partial charge in [0.05, 0.1) is 23.0 Å². The van der Waals surface area contributed by atoms with Gasteiger partial charge in [-0.2, -0.15) is 18.3 Å². The number of aromatic amines is 1.